The second-order valence-corrected chi connectivity index (χ2v) is 5.47. The fourth-order valence-electron chi connectivity index (χ4n) is 2.52. The molecule has 0 fully saturated rings. The number of pyridine rings is 1. The molecule has 23 heavy (non-hydrogen) atoms. The number of hydrogen-bond donors (Lipinski definition) is 1. The van der Waals surface area contributed by atoms with Crippen molar-refractivity contribution in [1.82, 2.24) is 9.38 Å². The molecule has 0 aliphatic rings. The maximum atomic E-state index is 12.8. The third kappa shape index (κ3) is 3.07. The van der Waals surface area contributed by atoms with Gasteiger partial charge in [0.2, 0.25) is 0 Å². The average molecular weight is 320 g/mol. The van der Waals surface area contributed by atoms with Gasteiger partial charge in [-0.25, -0.2) is 4.98 Å². The lowest BCUT2D eigenvalue weighted by molar-refractivity contribution is -0.137. The Labute approximate surface area is 131 Å². The van der Waals surface area contributed by atoms with E-state index in [-0.39, 0.29) is 6.61 Å². The Bertz CT molecular complexity index is 835. The van der Waals surface area contributed by atoms with Crippen LogP contribution in [0.4, 0.5) is 13.2 Å². The van der Waals surface area contributed by atoms with E-state index in [1.54, 1.807) is 0 Å². The predicted octanol–water partition coefficient (Wildman–Crippen LogP) is 3.74. The van der Waals surface area contributed by atoms with Crippen LogP contribution in [0.2, 0.25) is 0 Å². The van der Waals surface area contributed by atoms with Crippen LogP contribution in [-0.4, -0.2) is 14.5 Å². The number of fused-ring (bicyclic) bond motifs is 1. The molecular weight excluding hydrogens is 305 g/mol. The molecule has 120 valence electrons. The second kappa shape index (κ2) is 5.70. The summed E-state index contributed by atoms with van der Waals surface area (Å²) in [5.41, 5.74) is 2.70. The molecule has 2 aromatic heterocycles. The minimum atomic E-state index is -4.43. The summed E-state index contributed by atoms with van der Waals surface area (Å²) in [5.74, 6) is 0. The highest BCUT2D eigenvalue weighted by molar-refractivity contribution is 5.46. The summed E-state index contributed by atoms with van der Waals surface area (Å²) in [6, 6.07) is 10.1. The van der Waals surface area contributed by atoms with Crippen molar-refractivity contribution in [2.75, 3.05) is 0 Å². The average Bonchev–Trinajstić information content (AvgIpc) is 2.84. The molecular formula is C17H15F3N2O. The highest BCUT2D eigenvalue weighted by Gasteiger charge is 2.31. The highest BCUT2D eigenvalue weighted by atomic mass is 19.4. The smallest absolute Gasteiger partial charge is 0.390 e. The van der Waals surface area contributed by atoms with Crippen molar-refractivity contribution >= 4 is 5.65 Å². The van der Waals surface area contributed by atoms with Crippen molar-refractivity contribution < 1.29 is 18.3 Å². The first-order valence-corrected chi connectivity index (χ1v) is 7.12. The van der Waals surface area contributed by atoms with Gasteiger partial charge in [-0.3, -0.25) is 0 Å². The van der Waals surface area contributed by atoms with Gasteiger partial charge in [0, 0.05) is 12.6 Å². The topological polar surface area (TPSA) is 37.5 Å². The van der Waals surface area contributed by atoms with Crippen LogP contribution in [0, 0.1) is 6.92 Å². The van der Waals surface area contributed by atoms with E-state index in [1.165, 1.54) is 10.5 Å². The lowest BCUT2D eigenvalue weighted by Gasteiger charge is -2.08. The molecule has 0 saturated carbocycles. The SMILES string of the molecule is Cc1ccc(Cc2nc3ccc(C(F)(F)F)cn3c2CO)cc1. The Morgan fingerprint density at radius 1 is 1.09 bits per heavy atom. The van der Waals surface area contributed by atoms with Crippen LogP contribution in [0.25, 0.3) is 5.65 Å². The maximum Gasteiger partial charge on any atom is 0.417 e. The molecule has 0 aliphatic heterocycles. The zero-order chi connectivity index (χ0) is 16.6. The van der Waals surface area contributed by atoms with Gasteiger partial charge in [0.15, 0.2) is 0 Å². The first-order chi connectivity index (χ1) is 10.9. The van der Waals surface area contributed by atoms with Crippen molar-refractivity contribution in [3.63, 3.8) is 0 Å². The number of halogens is 3. The molecule has 6 heteroatoms. The number of aryl methyl sites for hydroxylation is 1. The molecule has 0 aliphatic carbocycles. The molecule has 0 bridgehead atoms. The molecule has 0 saturated heterocycles. The van der Waals surface area contributed by atoms with Gasteiger partial charge in [-0.15, -0.1) is 0 Å². The van der Waals surface area contributed by atoms with E-state index in [2.05, 4.69) is 4.98 Å². The highest BCUT2D eigenvalue weighted by Crippen LogP contribution is 2.30. The number of aliphatic hydroxyl groups is 1. The van der Waals surface area contributed by atoms with E-state index >= 15 is 0 Å². The van der Waals surface area contributed by atoms with Crippen LogP contribution >= 0.6 is 0 Å². The Hall–Kier alpha value is -2.34. The summed E-state index contributed by atoms with van der Waals surface area (Å²) in [6.45, 7) is 1.61. The molecule has 2 heterocycles. The largest absolute Gasteiger partial charge is 0.417 e. The Kier molecular flexibility index (Phi) is 3.85. The summed E-state index contributed by atoms with van der Waals surface area (Å²) in [4.78, 5) is 4.36. The Morgan fingerprint density at radius 2 is 1.78 bits per heavy atom. The van der Waals surface area contributed by atoms with Gasteiger partial charge in [-0.2, -0.15) is 13.2 Å². The lowest BCUT2D eigenvalue weighted by atomic mass is 10.1. The molecule has 3 rings (SSSR count). The first-order valence-electron chi connectivity index (χ1n) is 7.12. The number of imidazole rings is 1. The fraction of sp³-hybridized carbons (Fsp3) is 0.235. The van der Waals surface area contributed by atoms with Gasteiger partial charge < -0.3 is 9.51 Å². The van der Waals surface area contributed by atoms with E-state index in [9.17, 15) is 18.3 Å². The third-order valence-electron chi connectivity index (χ3n) is 3.77. The lowest BCUT2D eigenvalue weighted by Crippen LogP contribution is -2.07. The van der Waals surface area contributed by atoms with Crippen molar-refractivity contribution in [3.8, 4) is 0 Å². The van der Waals surface area contributed by atoms with Crippen LogP contribution in [-0.2, 0) is 19.2 Å². The number of nitrogens with zero attached hydrogens (tertiary/aromatic N) is 2. The summed E-state index contributed by atoms with van der Waals surface area (Å²) in [5, 5.41) is 9.58. The molecule has 1 N–H and O–H groups in total. The summed E-state index contributed by atoms with van der Waals surface area (Å²) >= 11 is 0. The van der Waals surface area contributed by atoms with Crippen LogP contribution in [0.15, 0.2) is 42.6 Å². The van der Waals surface area contributed by atoms with Crippen LogP contribution < -0.4 is 0 Å². The van der Waals surface area contributed by atoms with Crippen molar-refractivity contribution in [1.29, 1.82) is 0 Å². The van der Waals surface area contributed by atoms with E-state index in [0.29, 0.717) is 23.5 Å². The number of rotatable bonds is 3. The number of aliphatic hydroxyl groups excluding tert-OH is 1. The Balaban J connectivity index is 2.05. The van der Waals surface area contributed by atoms with E-state index < -0.39 is 11.7 Å². The zero-order valence-electron chi connectivity index (χ0n) is 12.4. The predicted molar refractivity (Wildman–Crippen MR) is 80.1 cm³/mol. The summed E-state index contributed by atoms with van der Waals surface area (Å²) < 4.78 is 39.9. The standard InChI is InChI=1S/C17H15F3N2O/c1-11-2-4-12(5-3-11)8-14-15(10-23)22-9-13(17(18,19)20)6-7-16(22)21-14/h2-7,9,23H,8,10H2,1H3. The van der Waals surface area contributed by atoms with Gasteiger partial charge in [-0.05, 0) is 24.6 Å². The normalized spacial score (nSPS) is 12.0. The van der Waals surface area contributed by atoms with Gasteiger partial charge >= 0.3 is 6.18 Å². The van der Waals surface area contributed by atoms with Crippen LogP contribution in [0.5, 0.6) is 0 Å². The molecule has 0 spiro atoms. The number of benzene rings is 1. The number of aromatic nitrogens is 2. The summed E-state index contributed by atoms with van der Waals surface area (Å²) in [6.07, 6.45) is -2.99. The molecule has 0 atom stereocenters. The zero-order valence-corrected chi connectivity index (χ0v) is 12.4. The Morgan fingerprint density at radius 3 is 2.39 bits per heavy atom. The number of hydrogen-bond acceptors (Lipinski definition) is 2. The quantitative estimate of drug-likeness (QED) is 0.798. The molecule has 0 radical (unpaired) electrons. The monoisotopic (exact) mass is 320 g/mol. The maximum absolute atomic E-state index is 12.8. The minimum Gasteiger partial charge on any atom is -0.390 e. The van der Waals surface area contributed by atoms with Crippen LogP contribution in [0.1, 0.15) is 28.1 Å². The van der Waals surface area contributed by atoms with Gasteiger partial charge in [0.25, 0.3) is 0 Å². The van der Waals surface area contributed by atoms with Gasteiger partial charge in [0.05, 0.1) is 23.6 Å². The third-order valence-corrected chi connectivity index (χ3v) is 3.77. The molecule has 0 amide bonds. The van der Waals surface area contributed by atoms with E-state index in [1.807, 2.05) is 31.2 Å². The van der Waals surface area contributed by atoms with E-state index in [0.717, 1.165) is 23.4 Å². The van der Waals surface area contributed by atoms with Crippen molar-refractivity contribution in [2.24, 2.45) is 0 Å². The second-order valence-electron chi connectivity index (χ2n) is 5.47. The minimum absolute atomic E-state index is 0.371. The van der Waals surface area contributed by atoms with Crippen molar-refractivity contribution in [2.45, 2.75) is 26.1 Å². The van der Waals surface area contributed by atoms with E-state index in [4.69, 9.17) is 0 Å². The molecule has 3 aromatic rings. The first kappa shape index (κ1) is 15.6. The van der Waals surface area contributed by atoms with Crippen molar-refractivity contribution in [3.05, 3.63) is 70.7 Å². The molecule has 0 unspecified atom stereocenters. The van der Waals surface area contributed by atoms with Gasteiger partial charge in [0.1, 0.15) is 5.65 Å². The molecule has 3 nitrogen and oxygen atoms in total. The fourth-order valence-corrected chi connectivity index (χ4v) is 2.52. The van der Waals surface area contributed by atoms with Gasteiger partial charge in [-0.1, -0.05) is 29.8 Å². The molecule has 1 aromatic carbocycles. The number of alkyl halides is 3. The summed E-state index contributed by atoms with van der Waals surface area (Å²) in [7, 11) is 0. The van der Waals surface area contributed by atoms with Crippen LogP contribution in [0.3, 0.4) is 0 Å².